The number of amides is 3. The fourth-order valence-electron chi connectivity index (χ4n) is 2.83. The summed E-state index contributed by atoms with van der Waals surface area (Å²) in [5, 5.41) is 3.67. The van der Waals surface area contributed by atoms with Gasteiger partial charge in [0, 0.05) is 18.1 Å². The molecule has 1 aromatic heterocycles. The molecular formula is C19H13N3O3. The molecule has 3 amide bonds. The Morgan fingerprint density at radius 1 is 0.960 bits per heavy atom. The highest BCUT2D eigenvalue weighted by atomic mass is 16.2. The molecule has 4 rings (SSSR count). The summed E-state index contributed by atoms with van der Waals surface area (Å²) < 4.78 is 0. The lowest BCUT2D eigenvalue weighted by molar-refractivity contribution is 0.0692. The highest BCUT2D eigenvalue weighted by Crippen LogP contribution is 2.25. The molecule has 3 aromatic rings. The zero-order valence-corrected chi connectivity index (χ0v) is 13.3. The molecule has 2 aromatic carbocycles. The van der Waals surface area contributed by atoms with Crippen LogP contribution in [-0.2, 0) is 0 Å². The van der Waals surface area contributed by atoms with Crippen molar-refractivity contribution >= 4 is 34.3 Å². The SMILES string of the molecule is CN1C(=O)c2ccc(NC(=O)c3ccc4ccccc4n3)cc2C1=O. The summed E-state index contributed by atoms with van der Waals surface area (Å²) in [4.78, 5) is 41.8. The molecule has 0 bridgehead atoms. The van der Waals surface area contributed by atoms with Gasteiger partial charge in [0.05, 0.1) is 16.6 Å². The zero-order chi connectivity index (χ0) is 17.6. The lowest BCUT2D eigenvalue weighted by Crippen LogP contribution is -2.24. The third-order valence-electron chi connectivity index (χ3n) is 4.18. The molecule has 122 valence electrons. The Hall–Kier alpha value is -3.54. The normalized spacial score (nSPS) is 13.2. The fraction of sp³-hybridized carbons (Fsp3) is 0.0526. The summed E-state index contributed by atoms with van der Waals surface area (Å²) in [6.45, 7) is 0. The molecule has 25 heavy (non-hydrogen) atoms. The molecule has 0 unspecified atom stereocenters. The average Bonchev–Trinajstić information content (AvgIpc) is 2.85. The number of hydrogen-bond donors (Lipinski definition) is 1. The van der Waals surface area contributed by atoms with Gasteiger partial charge in [0.2, 0.25) is 0 Å². The van der Waals surface area contributed by atoms with Gasteiger partial charge in [-0.15, -0.1) is 0 Å². The van der Waals surface area contributed by atoms with Crippen molar-refractivity contribution in [1.82, 2.24) is 9.88 Å². The molecular weight excluding hydrogens is 318 g/mol. The van der Waals surface area contributed by atoms with Gasteiger partial charge in [-0.05, 0) is 30.3 Å². The number of rotatable bonds is 2. The van der Waals surface area contributed by atoms with E-state index in [1.165, 1.54) is 13.1 Å². The van der Waals surface area contributed by atoms with Crippen molar-refractivity contribution in [3.8, 4) is 0 Å². The van der Waals surface area contributed by atoms with Crippen molar-refractivity contribution in [2.45, 2.75) is 0 Å². The second kappa shape index (κ2) is 5.52. The number of nitrogens with zero attached hydrogens (tertiary/aromatic N) is 2. The van der Waals surface area contributed by atoms with Gasteiger partial charge in [-0.1, -0.05) is 24.3 Å². The lowest BCUT2D eigenvalue weighted by Gasteiger charge is -2.06. The maximum atomic E-state index is 12.4. The van der Waals surface area contributed by atoms with Gasteiger partial charge in [0.15, 0.2) is 0 Å². The monoisotopic (exact) mass is 331 g/mol. The van der Waals surface area contributed by atoms with Crippen LogP contribution in [0.4, 0.5) is 5.69 Å². The number of pyridine rings is 1. The van der Waals surface area contributed by atoms with Crippen molar-refractivity contribution in [3.63, 3.8) is 0 Å². The molecule has 2 heterocycles. The summed E-state index contributed by atoms with van der Waals surface area (Å²) in [6, 6.07) is 15.7. The van der Waals surface area contributed by atoms with Crippen LogP contribution in [0.5, 0.6) is 0 Å². The number of imide groups is 1. The summed E-state index contributed by atoms with van der Waals surface area (Å²) in [5.41, 5.74) is 2.08. The molecule has 0 saturated heterocycles. The fourth-order valence-corrected chi connectivity index (χ4v) is 2.83. The van der Waals surface area contributed by atoms with Crippen LogP contribution in [-0.4, -0.2) is 34.7 Å². The topological polar surface area (TPSA) is 79.4 Å². The third kappa shape index (κ3) is 2.44. The summed E-state index contributed by atoms with van der Waals surface area (Å²) in [6.07, 6.45) is 0. The van der Waals surface area contributed by atoms with Crippen molar-refractivity contribution in [2.24, 2.45) is 0 Å². The zero-order valence-electron chi connectivity index (χ0n) is 13.3. The van der Waals surface area contributed by atoms with Gasteiger partial charge in [0.1, 0.15) is 5.69 Å². The Balaban J connectivity index is 1.63. The largest absolute Gasteiger partial charge is 0.321 e. The van der Waals surface area contributed by atoms with Crippen molar-refractivity contribution in [3.05, 3.63) is 71.4 Å². The number of aromatic nitrogens is 1. The molecule has 1 aliphatic rings. The molecule has 0 radical (unpaired) electrons. The van der Waals surface area contributed by atoms with Crippen molar-refractivity contribution < 1.29 is 14.4 Å². The highest BCUT2D eigenvalue weighted by Gasteiger charge is 2.32. The third-order valence-corrected chi connectivity index (χ3v) is 4.18. The predicted molar refractivity (Wildman–Crippen MR) is 92.6 cm³/mol. The van der Waals surface area contributed by atoms with Crippen LogP contribution in [0.2, 0.25) is 0 Å². The van der Waals surface area contributed by atoms with Gasteiger partial charge < -0.3 is 5.32 Å². The van der Waals surface area contributed by atoms with Crippen LogP contribution < -0.4 is 5.32 Å². The van der Waals surface area contributed by atoms with Crippen LogP contribution in [0.15, 0.2) is 54.6 Å². The second-order valence-corrected chi connectivity index (χ2v) is 5.77. The van der Waals surface area contributed by atoms with Gasteiger partial charge in [-0.2, -0.15) is 0 Å². The summed E-state index contributed by atoms with van der Waals surface area (Å²) >= 11 is 0. The minimum absolute atomic E-state index is 0.277. The minimum atomic E-state index is -0.379. The minimum Gasteiger partial charge on any atom is -0.321 e. The van der Waals surface area contributed by atoms with E-state index in [-0.39, 0.29) is 29.0 Å². The standard InChI is InChI=1S/C19H13N3O3/c1-22-18(24)13-8-7-12(10-14(13)19(22)25)20-17(23)16-9-6-11-4-2-3-5-15(11)21-16/h2-10H,1H3,(H,20,23). The van der Waals surface area contributed by atoms with Crippen LogP contribution in [0, 0.1) is 0 Å². The summed E-state index contributed by atoms with van der Waals surface area (Å²) in [5.74, 6) is -1.09. The lowest BCUT2D eigenvalue weighted by atomic mass is 10.1. The maximum absolute atomic E-state index is 12.4. The van der Waals surface area contributed by atoms with Crippen LogP contribution in [0.25, 0.3) is 10.9 Å². The molecule has 1 aliphatic heterocycles. The molecule has 0 spiro atoms. The second-order valence-electron chi connectivity index (χ2n) is 5.77. The first-order valence-corrected chi connectivity index (χ1v) is 7.68. The molecule has 0 aliphatic carbocycles. The van der Waals surface area contributed by atoms with Crippen LogP contribution in [0.3, 0.4) is 0 Å². The smallest absolute Gasteiger partial charge is 0.274 e. The maximum Gasteiger partial charge on any atom is 0.274 e. The molecule has 6 nitrogen and oxygen atoms in total. The number of anilines is 1. The number of fused-ring (bicyclic) bond motifs is 2. The van der Waals surface area contributed by atoms with Crippen LogP contribution in [0.1, 0.15) is 31.2 Å². The number of carbonyl (C=O) groups excluding carboxylic acids is 3. The van der Waals surface area contributed by atoms with Gasteiger partial charge in [-0.3, -0.25) is 19.3 Å². The number of nitrogens with one attached hydrogen (secondary N) is 1. The van der Waals surface area contributed by atoms with Gasteiger partial charge >= 0.3 is 0 Å². The molecule has 0 fully saturated rings. The molecule has 0 saturated carbocycles. The number of para-hydroxylation sites is 1. The average molecular weight is 331 g/mol. The van der Waals surface area contributed by atoms with Crippen molar-refractivity contribution in [2.75, 3.05) is 12.4 Å². The van der Waals surface area contributed by atoms with E-state index in [1.807, 2.05) is 30.3 Å². The van der Waals surface area contributed by atoms with E-state index in [0.29, 0.717) is 11.3 Å². The molecule has 6 heteroatoms. The van der Waals surface area contributed by atoms with Gasteiger partial charge in [-0.25, -0.2) is 4.98 Å². The van der Waals surface area contributed by atoms with E-state index in [9.17, 15) is 14.4 Å². The summed E-state index contributed by atoms with van der Waals surface area (Å²) in [7, 11) is 1.43. The van der Waals surface area contributed by atoms with Gasteiger partial charge in [0.25, 0.3) is 17.7 Å². The highest BCUT2D eigenvalue weighted by molar-refractivity contribution is 6.21. The Kier molecular flexibility index (Phi) is 3.32. The van der Waals surface area contributed by atoms with E-state index in [1.54, 1.807) is 18.2 Å². The van der Waals surface area contributed by atoms with Crippen molar-refractivity contribution in [1.29, 1.82) is 0 Å². The van der Waals surface area contributed by atoms with E-state index >= 15 is 0 Å². The first kappa shape index (κ1) is 15.0. The first-order chi connectivity index (χ1) is 12.0. The molecule has 0 atom stereocenters. The Morgan fingerprint density at radius 2 is 1.72 bits per heavy atom. The number of hydrogen-bond acceptors (Lipinski definition) is 4. The molecule has 1 N–H and O–H groups in total. The number of carbonyl (C=O) groups is 3. The quantitative estimate of drug-likeness (QED) is 0.732. The van der Waals surface area contributed by atoms with E-state index in [4.69, 9.17) is 0 Å². The first-order valence-electron chi connectivity index (χ1n) is 7.68. The van der Waals surface area contributed by atoms with E-state index in [0.717, 1.165) is 15.8 Å². The Morgan fingerprint density at radius 3 is 2.56 bits per heavy atom. The van der Waals surface area contributed by atoms with E-state index < -0.39 is 0 Å². The Labute approximate surface area is 143 Å². The van der Waals surface area contributed by atoms with Crippen LogP contribution >= 0.6 is 0 Å². The predicted octanol–water partition coefficient (Wildman–Crippen LogP) is 2.71. The number of benzene rings is 2. The van der Waals surface area contributed by atoms with E-state index in [2.05, 4.69) is 10.3 Å². The Bertz CT molecular complexity index is 1060.